The number of aryl methyl sites for hydroxylation is 2. The monoisotopic (exact) mass is 479 g/mol. The quantitative estimate of drug-likeness (QED) is 0.540. The molecule has 8 heteroatoms. The molecular formula is C26H29N3O4S. The fraction of sp³-hybridized carbons (Fsp3) is 0.269. The second kappa shape index (κ2) is 9.38. The van der Waals surface area contributed by atoms with Crippen LogP contribution in [0.2, 0.25) is 0 Å². The van der Waals surface area contributed by atoms with Gasteiger partial charge < -0.3 is 14.9 Å². The maximum Gasteiger partial charge on any atom is 0.337 e. The maximum absolute atomic E-state index is 12.9. The van der Waals surface area contributed by atoms with Crippen molar-refractivity contribution in [1.82, 2.24) is 0 Å². The lowest BCUT2D eigenvalue weighted by molar-refractivity contribution is 0.0697. The molecule has 3 aromatic rings. The van der Waals surface area contributed by atoms with E-state index in [1.54, 1.807) is 37.3 Å². The van der Waals surface area contributed by atoms with Crippen molar-refractivity contribution < 1.29 is 18.3 Å². The topological polar surface area (TPSA) is 90.0 Å². The molecule has 3 aromatic carbocycles. The molecule has 0 bridgehead atoms. The number of benzene rings is 3. The highest BCUT2D eigenvalue weighted by Gasteiger charge is 2.27. The van der Waals surface area contributed by atoms with E-state index in [-0.39, 0.29) is 22.2 Å². The summed E-state index contributed by atoms with van der Waals surface area (Å²) in [5.74, 6) is -1.10. The van der Waals surface area contributed by atoms with Crippen LogP contribution in [-0.4, -0.2) is 45.2 Å². The Morgan fingerprint density at radius 2 is 1.76 bits per heavy atom. The smallest absolute Gasteiger partial charge is 0.337 e. The number of nitrogens with one attached hydrogen (secondary N) is 1. The molecule has 0 aliphatic carbocycles. The van der Waals surface area contributed by atoms with Crippen LogP contribution in [0.15, 0.2) is 71.6 Å². The Morgan fingerprint density at radius 1 is 1.00 bits per heavy atom. The van der Waals surface area contributed by atoms with Crippen molar-refractivity contribution >= 4 is 33.1 Å². The molecule has 1 heterocycles. The average Bonchev–Trinajstić information content (AvgIpc) is 2.79. The van der Waals surface area contributed by atoms with Gasteiger partial charge in [-0.25, -0.2) is 13.2 Å². The van der Waals surface area contributed by atoms with E-state index in [1.807, 2.05) is 6.07 Å². The summed E-state index contributed by atoms with van der Waals surface area (Å²) in [6, 6.07) is 19.9. The van der Waals surface area contributed by atoms with Gasteiger partial charge >= 0.3 is 5.97 Å². The molecule has 7 nitrogen and oxygen atoms in total. The van der Waals surface area contributed by atoms with Gasteiger partial charge in [0.05, 0.1) is 16.1 Å². The standard InChI is InChI=1S/C26H29N3O4S/c1-18-7-6-9-22(15-18)29-14-13-28(17-20(29)3)24-12-11-21(16-23(24)26(30)31)27-34(32,33)25-10-5-4-8-19(25)2/h4-12,15-16,20,27H,13-14,17H2,1-3H3,(H,30,31)/t20-/m0/s1. The first kappa shape index (κ1) is 23.6. The number of sulfonamides is 1. The number of nitrogens with zero attached hydrogens (tertiary/aromatic N) is 2. The Bertz CT molecular complexity index is 1320. The van der Waals surface area contributed by atoms with E-state index in [2.05, 4.69) is 46.6 Å². The van der Waals surface area contributed by atoms with Crippen molar-refractivity contribution in [2.24, 2.45) is 0 Å². The summed E-state index contributed by atoms with van der Waals surface area (Å²) >= 11 is 0. The fourth-order valence-corrected chi connectivity index (χ4v) is 5.78. The first-order chi connectivity index (χ1) is 16.2. The molecule has 0 amide bonds. The molecule has 0 unspecified atom stereocenters. The number of hydrogen-bond acceptors (Lipinski definition) is 5. The van der Waals surface area contributed by atoms with E-state index in [0.29, 0.717) is 24.3 Å². The third-order valence-corrected chi connectivity index (χ3v) is 7.71. The molecule has 1 aliphatic heterocycles. The van der Waals surface area contributed by atoms with Gasteiger partial charge in [0.2, 0.25) is 0 Å². The summed E-state index contributed by atoms with van der Waals surface area (Å²) in [6.07, 6.45) is 0. The molecule has 1 saturated heterocycles. The maximum atomic E-state index is 12.9. The van der Waals surface area contributed by atoms with E-state index in [1.165, 1.54) is 17.7 Å². The summed E-state index contributed by atoms with van der Waals surface area (Å²) in [6.45, 7) is 7.98. The number of carboxylic acids is 1. The highest BCUT2D eigenvalue weighted by molar-refractivity contribution is 7.92. The van der Waals surface area contributed by atoms with Crippen molar-refractivity contribution in [2.45, 2.75) is 31.7 Å². The van der Waals surface area contributed by atoms with Crippen molar-refractivity contribution in [3.63, 3.8) is 0 Å². The van der Waals surface area contributed by atoms with Gasteiger partial charge in [-0.2, -0.15) is 0 Å². The molecule has 1 atom stereocenters. The Hall–Kier alpha value is -3.52. The summed E-state index contributed by atoms with van der Waals surface area (Å²) in [5, 5.41) is 9.89. The second-order valence-corrected chi connectivity index (χ2v) is 10.4. The van der Waals surface area contributed by atoms with Gasteiger partial charge in [0.15, 0.2) is 0 Å². The van der Waals surface area contributed by atoms with Crippen LogP contribution in [-0.2, 0) is 10.0 Å². The lowest BCUT2D eigenvalue weighted by Crippen LogP contribution is -2.52. The average molecular weight is 480 g/mol. The number of aromatic carboxylic acids is 1. The lowest BCUT2D eigenvalue weighted by Gasteiger charge is -2.42. The van der Waals surface area contributed by atoms with Crippen LogP contribution < -0.4 is 14.5 Å². The van der Waals surface area contributed by atoms with Gasteiger partial charge in [-0.15, -0.1) is 0 Å². The molecule has 1 aliphatic rings. The summed E-state index contributed by atoms with van der Waals surface area (Å²) < 4.78 is 28.2. The molecule has 0 saturated carbocycles. The number of hydrogen-bond donors (Lipinski definition) is 2. The zero-order valence-corrected chi connectivity index (χ0v) is 20.3. The predicted octanol–water partition coefficient (Wildman–Crippen LogP) is 4.52. The highest BCUT2D eigenvalue weighted by atomic mass is 32.2. The third kappa shape index (κ3) is 4.87. The zero-order valence-electron chi connectivity index (χ0n) is 19.5. The minimum Gasteiger partial charge on any atom is -0.478 e. The lowest BCUT2D eigenvalue weighted by atomic mass is 10.1. The van der Waals surface area contributed by atoms with Gasteiger partial charge in [0.25, 0.3) is 10.0 Å². The molecule has 0 aromatic heterocycles. The minimum absolute atomic E-state index is 0.0705. The summed E-state index contributed by atoms with van der Waals surface area (Å²) in [5.41, 5.74) is 3.85. The molecule has 178 valence electrons. The molecular weight excluding hydrogens is 450 g/mol. The van der Waals surface area contributed by atoms with E-state index < -0.39 is 16.0 Å². The van der Waals surface area contributed by atoms with Crippen molar-refractivity contribution in [3.05, 3.63) is 83.4 Å². The second-order valence-electron chi connectivity index (χ2n) is 8.74. The van der Waals surface area contributed by atoms with Crippen molar-refractivity contribution in [3.8, 4) is 0 Å². The first-order valence-corrected chi connectivity index (χ1v) is 12.7. The van der Waals surface area contributed by atoms with Crippen molar-refractivity contribution in [2.75, 3.05) is 34.2 Å². The molecule has 1 fully saturated rings. The number of carboxylic acid groups (broad SMARTS) is 1. The molecule has 2 N–H and O–H groups in total. The largest absolute Gasteiger partial charge is 0.478 e. The molecule has 0 radical (unpaired) electrons. The van der Waals surface area contributed by atoms with Crippen LogP contribution in [0, 0.1) is 13.8 Å². The Labute approximate surface area is 200 Å². The van der Waals surface area contributed by atoms with Gasteiger partial charge in [-0.1, -0.05) is 30.3 Å². The summed E-state index contributed by atoms with van der Waals surface area (Å²) in [4.78, 5) is 16.6. The highest BCUT2D eigenvalue weighted by Crippen LogP contribution is 2.30. The van der Waals surface area contributed by atoms with Gasteiger partial charge in [0, 0.05) is 37.1 Å². The Morgan fingerprint density at radius 3 is 2.44 bits per heavy atom. The van der Waals surface area contributed by atoms with Gasteiger partial charge in [0.1, 0.15) is 0 Å². The Balaban J connectivity index is 1.57. The Kier molecular flexibility index (Phi) is 6.52. The zero-order chi connectivity index (χ0) is 24.5. The van der Waals surface area contributed by atoms with Crippen LogP contribution in [0.4, 0.5) is 17.1 Å². The van der Waals surface area contributed by atoms with Crippen molar-refractivity contribution in [1.29, 1.82) is 0 Å². The number of carbonyl (C=O) groups is 1. The van der Waals surface area contributed by atoms with Crippen LogP contribution in [0.5, 0.6) is 0 Å². The van der Waals surface area contributed by atoms with E-state index in [4.69, 9.17) is 0 Å². The fourth-order valence-electron chi connectivity index (χ4n) is 4.48. The number of anilines is 3. The summed E-state index contributed by atoms with van der Waals surface area (Å²) in [7, 11) is -3.84. The van der Waals surface area contributed by atoms with Crippen LogP contribution >= 0.6 is 0 Å². The normalized spacial score (nSPS) is 16.4. The molecule has 4 rings (SSSR count). The third-order valence-electron chi connectivity index (χ3n) is 6.16. The first-order valence-electron chi connectivity index (χ1n) is 11.2. The molecule has 0 spiro atoms. The van der Waals surface area contributed by atoms with Gasteiger partial charge in [-0.3, -0.25) is 4.72 Å². The van der Waals surface area contributed by atoms with Crippen LogP contribution in [0.3, 0.4) is 0 Å². The molecule has 34 heavy (non-hydrogen) atoms. The number of rotatable bonds is 6. The van der Waals surface area contributed by atoms with Gasteiger partial charge in [-0.05, 0) is 68.3 Å². The number of piperazine rings is 1. The van der Waals surface area contributed by atoms with E-state index >= 15 is 0 Å². The SMILES string of the molecule is Cc1cccc(N2CCN(c3ccc(NS(=O)(=O)c4ccccc4C)cc3C(=O)O)C[C@@H]2C)c1. The predicted molar refractivity (Wildman–Crippen MR) is 136 cm³/mol. The van der Waals surface area contributed by atoms with Crippen LogP contribution in [0.1, 0.15) is 28.4 Å². The van der Waals surface area contributed by atoms with E-state index in [9.17, 15) is 18.3 Å². The van der Waals surface area contributed by atoms with E-state index in [0.717, 1.165) is 12.2 Å². The minimum atomic E-state index is -3.84. The van der Waals surface area contributed by atoms with Crippen LogP contribution in [0.25, 0.3) is 0 Å².